The predicted octanol–water partition coefficient (Wildman–Crippen LogP) is -5.59. The van der Waals surface area contributed by atoms with Crippen molar-refractivity contribution in [2.24, 2.45) is 11.1 Å². The molecule has 3 fully saturated rings. The zero-order chi connectivity index (χ0) is 61.9. The predicted molar refractivity (Wildman–Crippen MR) is 280 cm³/mol. The Kier molecular flexibility index (Phi) is 36.7. The summed E-state index contributed by atoms with van der Waals surface area (Å²) in [7, 11) is 0. The Balaban J connectivity index is 1.55. The van der Waals surface area contributed by atoms with Crippen LogP contribution in [0.25, 0.3) is 0 Å². The monoisotopic (exact) mass is 1220 g/mol. The fraction of sp³-hybridized carbons (Fsp3) is 0.863. The largest absolute Gasteiger partial charge is 0.441 e. The minimum Gasteiger partial charge on any atom is -0.441 e. The van der Waals surface area contributed by atoms with E-state index in [2.05, 4.69) is 31.3 Å². The lowest BCUT2D eigenvalue weighted by atomic mass is 9.70. The summed E-state index contributed by atoms with van der Waals surface area (Å²) in [5, 5.41) is 96.9. The van der Waals surface area contributed by atoms with Crippen molar-refractivity contribution < 1.29 is 137 Å². The molecule has 3 rings (SSSR count). The summed E-state index contributed by atoms with van der Waals surface area (Å²) in [6.07, 6.45) is -16.8. The van der Waals surface area contributed by atoms with Gasteiger partial charge in [-0.1, -0.05) is 13.3 Å². The lowest BCUT2D eigenvalue weighted by Gasteiger charge is -2.41. The van der Waals surface area contributed by atoms with Gasteiger partial charge in [-0.15, -0.1) is 11.0 Å². The topological polar surface area (TPSA) is 486 Å². The number of hydrogen-bond acceptors (Lipinski definition) is 30. The number of hydrogen-bond donors (Lipinski definition) is 14. The van der Waals surface area contributed by atoms with Crippen LogP contribution < -0.4 is 27.3 Å². The maximum absolute atomic E-state index is 13.6. The number of amides is 3. The Bertz CT molecular complexity index is 1900. The average Bonchev–Trinajstić information content (AvgIpc) is 3.24. The number of carbonyl (C=O) groups excluding carboxylic acids is 7. The molecular weight excluding hydrogens is 1130 g/mol. The number of aliphatic hydroxyl groups is 9. The van der Waals surface area contributed by atoms with Gasteiger partial charge in [0.15, 0.2) is 25.0 Å². The molecule has 15 N–H and O–H groups in total. The van der Waals surface area contributed by atoms with Gasteiger partial charge in [-0.05, 0) is 43.9 Å². The van der Waals surface area contributed by atoms with Crippen LogP contribution >= 0.6 is 0 Å². The number of aliphatic hydroxyl groups excluding tert-OH is 9. The van der Waals surface area contributed by atoms with Crippen LogP contribution in [0.1, 0.15) is 90.4 Å². The smallest absolute Gasteiger partial charge is 0.404 e. The van der Waals surface area contributed by atoms with Gasteiger partial charge in [0.25, 0.3) is 0 Å². The normalized spacial score (nSPS) is 28.6. The summed E-state index contributed by atoms with van der Waals surface area (Å²) in [4.78, 5) is 95.2. The van der Waals surface area contributed by atoms with Crippen LogP contribution in [0.15, 0.2) is 0 Å². The van der Waals surface area contributed by atoms with Gasteiger partial charge in [-0.25, -0.2) is 4.79 Å². The Morgan fingerprint density at radius 3 is 1.44 bits per heavy atom. The van der Waals surface area contributed by atoms with Crippen molar-refractivity contribution in [2.75, 3.05) is 92.4 Å². The first-order valence-corrected chi connectivity index (χ1v) is 28.1. The SMILES string of the molecule is CCCCC(=O)CC(CCC(=O)CCCOCCOC1O[C@H](CO)[C@@H](O)[C@H](OC(N)=O)[C@@H]1O)(CCC(=O)NCCOCCCOC1O[C@H](CO)[C@@H](O)[C@H](NOC=O)[C@@H]1O)CCC(=O)NCCOCCOC1O[C@H](CO)[C@@H](O)[C@H](NOC=O)[C@@H]1O. The van der Waals surface area contributed by atoms with E-state index in [0.29, 0.717) is 12.8 Å². The van der Waals surface area contributed by atoms with Crippen molar-refractivity contribution in [1.82, 2.24) is 21.6 Å². The van der Waals surface area contributed by atoms with Crippen LogP contribution in [0.5, 0.6) is 0 Å². The number of hydroxylamine groups is 2. The van der Waals surface area contributed by atoms with E-state index in [4.69, 9.17) is 53.1 Å². The fourth-order valence-electron chi connectivity index (χ4n) is 9.40. The van der Waals surface area contributed by atoms with Crippen molar-refractivity contribution in [3.05, 3.63) is 0 Å². The van der Waals surface area contributed by atoms with E-state index in [1.54, 1.807) is 0 Å². The number of ether oxygens (including phenoxy) is 10. The third-order valence-corrected chi connectivity index (χ3v) is 14.0. The molecule has 3 heterocycles. The molecule has 3 saturated heterocycles. The molecular formula is C51H89N5O28. The molecule has 0 aliphatic carbocycles. The van der Waals surface area contributed by atoms with Crippen molar-refractivity contribution >= 4 is 42.4 Å². The Labute approximate surface area is 485 Å². The van der Waals surface area contributed by atoms with Gasteiger partial charge in [-0.2, -0.15) is 0 Å². The number of carbonyl (C=O) groups is 7. The molecule has 0 spiro atoms. The molecule has 0 bridgehead atoms. The lowest BCUT2D eigenvalue weighted by molar-refractivity contribution is -0.301. The molecule has 84 heavy (non-hydrogen) atoms. The quantitative estimate of drug-likeness (QED) is 0.0117. The summed E-state index contributed by atoms with van der Waals surface area (Å²) in [5.41, 5.74) is 8.48. The first kappa shape index (κ1) is 73.9. The van der Waals surface area contributed by atoms with Gasteiger partial charge in [0, 0.05) is 64.8 Å². The van der Waals surface area contributed by atoms with Crippen LogP contribution in [-0.4, -0.2) is 273 Å². The van der Waals surface area contributed by atoms with Gasteiger partial charge in [-0.3, -0.25) is 28.8 Å². The molecule has 0 radical (unpaired) electrons. The molecule has 0 saturated carbocycles. The first-order chi connectivity index (χ1) is 40.4. The highest BCUT2D eigenvalue weighted by Gasteiger charge is 2.49. The highest BCUT2D eigenvalue weighted by Crippen LogP contribution is 2.40. The second-order valence-corrected chi connectivity index (χ2v) is 20.2. The number of Topliss-reactive ketones (excluding diaryl/α,β-unsaturated/α-hetero) is 2. The highest BCUT2D eigenvalue weighted by atomic mass is 16.7. The molecule has 3 aliphatic rings. The van der Waals surface area contributed by atoms with E-state index in [1.807, 2.05) is 6.92 Å². The number of nitrogens with two attached hydrogens (primary N) is 1. The minimum atomic E-state index is -1.64. The van der Waals surface area contributed by atoms with Crippen LogP contribution in [0.4, 0.5) is 4.79 Å². The molecule has 16 atom stereocenters. The molecule has 0 aromatic carbocycles. The fourth-order valence-corrected chi connectivity index (χ4v) is 9.40. The molecule has 4 unspecified atom stereocenters. The minimum absolute atomic E-state index is 0.00272. The molecule has 486 valence electrons. The molecule has 33 nitrogen and oxygen atoms in total. The van der Waals surface area contributed by atoms with Crippen LogP contribution in [0, 0.1) is 5.41 Å². The van der Waals surface area contributed by atoms with E-state index in [0.717, 1.165) is 6.42 Å². The van der Waals surface area contributed by atoms with E-state index in [-0.39, 0.29) is 167 Å². The summed E-state index contributed by atoms with van der Waals surface area (Å²) >= 11 is 0. The number of unbranched alkanes of at least 4 members (excludes halogenated alkanes) is 1. The number of rotatable bonds is 47. The maximum Gasteiger partial charge on any atom is 0.404 e. The second-order valence-electron chi connectivity index (χ2n) is 20.2. The summed E-state index contributed by atoms with van der Waals surface area (Å²) in [6.45, 7) is 0.404. The van der Waals surface area contributed by atoms with Crippen molar-refractivity contribution in [1.29, 1.82) is 0 Å². The Morgan fingerprint density at radius 2 is 0.952 bits per heavy atom. The van der Waals surface area contributed by atoms with Gasteiger partial charge in [0.05, 0.1) is 66.1 Å². The molecule has 3 amide bonds. The van der Waals surface area contributed by atoms with Crippen LogP contribution in [-0.2, 0) is 85.8 Å². The Hall–Kier alpha value is -4.31. The third kappa shape index (κ3) is 26.3. The lowest BCUT2D eigenvalue weighted by Crippen LogP contribution is -2.64. The van der Waals surface area contributed by atoms with E-state index in [9.17, 15) is 79.5 Å². The third-order valence-electron chi connectivity index (χ3n) is 14.0. The Morgan fingerprint density at radius 1 is 0.512 bits per heavy atom. The van der Waals surface area contributed by atoms with Gasteiger partial charge < -0.3 is 119 Å². The molecule has 0 aromatic rings. The first-order valence-electron chi connectivity index (χ1n) is 28.1. The van der Waals surface area contributed by atoms with Gasteiger partial charge in [0.1, 0.15) is 78.6 Å². The molecule has 3 aliphatic heterocycles. The van der Waals surface area contributed by atoms with E-state index in [1.165, 1.54) is 0 Å². The second kappa shape index (κ2) is 41.7. The summed E-state index contributed by atoms with van der Waals surface area (Å²) < 4.78 is 54.4. The van der Waals surface area contributed by atoms with Gasteiger partial charge >= 0.3 is 19.0 Å². The number of ketones is 2. The average molecular weight is 1220 g/mol. The molecule has 0 aromatic heterocycles. The van der Waals surface area contributed by atoms with E-state index < -0.39 is 129 Å². The van der Waals surface area contributed by atoms with Crippen molar-refractivity contribution in [3.63, 3.8) is 0 Å². The zero-order valence-electron chi connectivity index (χ0n) is 47.3. The number of nitrogens with one attached hydrogen (secondary N) is 4. The van der Waals surface area contributed by atoms with Crippen LogP contribution in [0.2, 0.25) is 0 Å². The van der Waals surface area contributed by atoms with Crippen molar-refractivity contribution in [2.45, 2.75) is 182 Å². The van der Waals surface area contributed by atoms with Crippen LogP contribution in [0.3, 0.4) is 0 Å². The molecule has 33 heteroatoms. The van der Waals surface area contributed by atoms with Crippen molar-refractivity contribution in [3.8, 4) is 0 Å². The van der Waals surface area contributed by atoms with E-state index >= 15 is 0 Å². The van der Waals surface area contributed by atoms with Gasteiger partial charge in [0.2, 0.25) is 11.8 Å². The zero-order valence-corrected chi connectivity index (χ0v) is 47.3. The summed E-state index contributed by atoms with van der Waals surface area (Å²) in [5.74, 6) is -1.01. The highest BCUT2D eigenvalue weighted by molar-refractivity contribution is 5.81. The summed E-state index contributed by atoms with van der Waals surface area (Å²) in [6, 6.07) is -2.45. The standard InChI is InChI=1S/C51H89N5O28/c1-2-3-6-32(63)25-51(11-8-31(62)7-4-16-74-21-23-78-49-45(71)46(84-50(52)72)42(68)35(28-59)83-49,13-10-37(65)54-15-20-75-22-24-77-48-44(70)39(56-80-30-61)41(67)34(27-58)82-48)12-9-36(64)53-14-19-73-17-5-18-76-47-43(69)38(55-79-29-60)40(66)33(26-57)81-47/h29-30,33-35,38-49,55-59,66-71H,2-28H2,1H3,(H2,52,72)(H,53,64)(H,54,65)/t33-,34-,35-,38+,39+,40-,41-,42-,43+,44+,45+,46+,47?,48?,49?,51?/m1/s1. The number of primary amides is 1. The maximum atomic E-state index is 13.6.